The maximum atomic E-state index is 13.5. The number of hydrogen-bond acceptors (Lipinski definition) is 2. The van der Waals surface area contributed by atoms with E-state index in [1.165, 1.54) is 0 Å². The molecule has 0 aromatic heterocycles. The molecule has 0 radical (unpaired) electrons. The SMILES string of the molecule is [2H][C@]1(Cc2ccccc2)CCCN=[S@@]1(=O)c1ccccc1. The van der Waals surface area contributed by atoms with Crippen LogP contribution in [0.2, 0.25) is 0 Å². The first-order valence-electron chi connectivity index (χ1n) is 7.46. The lowest BCUT2D eigenvalue weighted by Gasteiger charge is -2.25. The molecule has 1 aliphatic rings. The Bertz CT molecular complexity index is 723. The zero-order valence-electron chi connectivity index (χ0n) is 12.4. The highest BCUT2D eigenvalue weighted by molar-refractivity contribution is 7.94. The molecule has 0 bridgehead atoms. The Morgan fingerprint density at radius 1 is 1.10 bits per heavy atom. The Hall–Kier alpha value is -1.61. The van der Waals surface area contributed by atoms with E-state index in [-0.39, 0.29) is 0 Å². The van der Waals surface area contributed by atoms with Gasteiger partial charge in [-0.2, -0.15) is 0 Å². The molecule has 0 amide bonds. The number of hydrogen-bond donors (Lipinski definition) is 0. The predicted molar refractivity (Wildman–Crippen MR) is 83.3 cm³/mol. The summed E-state index contributed by atoms with van der Waals surface area (Å²) < 4.78 is 26.8. The molecule has 3 rings (SSSR count). The zero-order chi connectivity index (χ0) is 14.8. The minimum atomic E-state index is -2.72. The van der Waals surface area contributed by atoms with E-state index >= 15 is 0 Å². The van der Waals surface area contributed by atoms with Crippen molar-refractivity contribution in [2.45, 2.75) is 29.4 Å². The third-order valence-electron chi connectivity index (χ3n) is 3.58. The van der Waals surface area contributed by atoms with Crippen LogP contribution in [0.4, 0.5) is 0 Å². The predicted octanol–water partition coefficient (Wildman–Crippen LogP) is 3.92. The average Bonchev–Trinajstić information content (AvgIpc) is 2.52. The first-order chi connectivity index (χ1) is 10.1. The summed E-state index contributed by atoms with van der Waals surface area (Å²) in [5, 5.41) is -1.05. The van der Waals surface area contributed by atoms with Gasteiger partial charge in [-0.15, -0.1) is 0 Å². The molecular formula is C17H19NOS. The molecule has 0 fully saturated rings. The molecule has 0 aliphatic carbocycles. The monoisotopic (exact) mass is 286 g/mol. The maximum Gasteiger partial charge on any atom is 0.0784 e. The van der Waals surface area contributed by atoms with Gasteiger partial charge in [-0.05, 0) is 37.0 Å². The quantitative estimate of drug-likeness (QED) is 0.841. The van der Waals surface area contributed by atoms with E-state index in [2.05, 4.69) is 4.36 Å². The van der Waals surface area contributed by atoms with Gasteiger partial charge >= 0.3 is 0 Å². The van der Waals surface area contributed by atoms with Crippen LogP contribution in [0.15, 0.2) is 69.9 Å². The highest BCUT2D eigenvalue weighted by Gasteiger charge is 2.27. The molecule has 20 heavy (non-hydrogen) atoms. The molecule has 2 aromatic rings. The largest absolute Gasteiger partial charge is 0.244 e. The summed E-state index contributed by atoms with van der Waals surface area (Å²) in [5.41, 5.74) is 1.05. The second-order valence-electron chi connectivity index (χ2n) is 5.00. The Balaban J connectivity index is 2.06. The molecule has 1 aliphatic heterocycles. The summed E-state index contributed by atoms with van der Waals surface area (Å²) in [6.07, 6.45) is 1.93. The molecular weight excluding hydrogens is 266 g/mol. The van der Waals surface area contributed by atoms with Crippen LogP contribution < -0.4 is 0 Å². The smallest absolute Gasteiger partial charge is 0.0784 e. The van der Waals surface area contributed by atoms with Crippen molar-refractivity contribution in [1.29, 1.82) is 0 Å². The lowest BCUT2D eigenvalue weighted by Crippen LogP contribution is -2.27. The van der Waals surface area contributed by atoms with Gasteiger partial charge in [0.25, 0.3) is 0 Å². The average molecular weight is 286 g/mol. The molecule has 0 unspecified atom stereocenters. The fourth-order valence-electron chi connectivity index (χ4n) is 2.55. The lowest BCUT2D eigenvalue weighted by atomic mass is 10.1. The minimum Gasteiger partial charge on any atom is -0.244 e. The standard InChI is InChI=1S/C17H19NOS/c19-20(16-10-5-2-6-11-16)17(12-7-13-18-20)14-15-8-3-1-4-9-15/h1-6,8-11,17H,7,12-14H2/t17-,20-/m1/s1/i17D. The van der Waals surface area contributed by atoms with Crippen molar-refractivity contribution in [1.82, 2.24) is 0 Å². The molecule has 1 heterocycles. The van der Waals surface area contributed by atoms with Crippen molar-refractivity contribution in [3.63, 3.8) is 0 Å². The molecule has 2 aromatic carbocycles. The van der Waals surface area contributed by atoms with Gasteiger partial charge in [0.2, 0.25) is 0 Å². The molecule has 0 saturated carbocycles. The summed E-state index contributed by atoms with van der Waals surface area (Å²) in [6.45, 7) is 0.586. The van der Waals surface area contributed by atoms with Crippen LogP contribution in [0.1, 0.15) is 19.8 Å². The first kappa shape index (κ1) is 12.2. The van der Waals surface area contributed by atoms with Crippen LogP contribution in [0.5, 0.6) is 0 Å². The molecule has 0 N–H and O–H groups in total. The van der Waals surface area contributed by atoms with Gasteiger partial charge in [0.05, 0.1) is 15.0 Å². The molecule has 2 nitrogen and oxygen atoms in total. The van der Waals surface area contributed by atoms with E-state index < -0.39 is 15.0 Å². The van der Waals surface area contributed by atoms with Gasteiger partial charge in [0, 0.05) is 12.8 Å². The third-order valence-corrected chi connectivity index (χ3v) is 6.17. The van der Waals surface area contributed by atoms with E-state index in [9.17, 15) is 4.21 Å². The van der Waals surface area contributed by atoms with Gasteiger partial charge in [-0.1, -0.05) is 48.5 Å². The van der Waals surface area contributed by atoms with Gasteiger partial charge in [0.1, 0.15) is 0 Å². The van der Waals surface area contributed by atoms with Gasteiger partial charge < -0.3 is 0 Å². The fourth-order valence-corrected chi connectivity index (χ4v) is 4.92. The molecule has 104 valence electrons. The summed E-state index contributed by atoms with van der Waals surface area (Å²) in [4.78, 5) is 0.690. The van der Waals surface area contributed by atoms with Gasteiger partial charge in [-0.25, -0.2) is 8.57 Å². The zero-order valence-corrected chi connectivity index (χ0v) is 12.2. The minimum absolute atomic E-state index is 0.477. The Morgan fingerprint density at radius 2 is 1.75 bits per heavy atom. The van der Waals surface area contributed by atoms with Crippen molar-refractivity contribution in [2.75, 3.05) is 6.54 Å². The number of nitrogens with zero attached hydrogens (tertiary/aromatic N) is 1. The highest BCUT2D eigenvalue weighted by atomic mass is 32.2. The van der Waals surface area contributed by atoms with Crippen LogP contribution in [0.3, 0.4) is 0 Å². The summed E-state index contributed by atoms with van der Waals surface area (Å²) in [5.74, 6) is 0. The summed E-state index contributed by atoms with van der Waals surface area (Å²) >= 11 is 0. The Kier molecular flexibility index (Phi) is 3.52. The lowest BCUT2D eigenvalue weighted by molar-refractivity contribution is 0.612. The number of rotatable bonds is 3. The Morgan fingerprint density at radius 3 is 2.45 bits per heavy atom. The first-order valence-corrected chi connectivity index (χ1v) is 8.47. The highest BCUT2D eigenvalue weighted by Crippen LogP contribution is 2.28. The van der Waals surface area contributed by atoms with Crippen LogP contribution >= 0.6 is 0 Å². The van der Waals surface area contributed by atoms with Crippen LogP contribution in [0.25, 0.3) is 0 Å². The van der Waals surface area contributed by atoms with Crippen molar-refractivity contribution in [2.24, 2.45) is 4.36 Å². The second kappa shape index (κ2) is 5.80. The summed E-state index contributed by atoms with van der Waals surface area (Å²) in [6, 6.07) is 19.2. The van der Waals surface area contributed by atoms with Gasteiger partial charge in [-0.3, -0.25) is 0 Å². The molecule has 3 heteroatoms. The Labute approximate surface area is 122 Å². The van der Waals surface area contributed by atoms with E-state index in [1.54, 1.807) is 0 Å². The fraction of sp³-hybridized carbons (Fsp3) is 0.294. The third kappa shape index (κ3) is 2.63. The maximum absolute atomic E-state index is 13.5. The topological polar surface area (TPSA) is 29.4 Å². The summed E-state index contributed by atoms with van der Waals surface area (Å²) in [7, 11) is -2.72. The second-order valence-corrected chi connectivity index (χ2v) is 7.35. The van der Waals surface area contributed by atoms with Crippen LogP contribution in [-0.4, -0.2) is 16.0 Å². The number of benzene rings is 2. The van der Waals surface area contributed by atoms with E-state index in [0.717, 1.165) is 12.0 Å². The van der Waals surface area contributed by atoms with E-state index in [0.29, 0.717) is 24.3 Å². The normalized spacial score (nSPS) is 30.3. The molecule has 2 atom stereocenters. The van der Waals surface area contributed by atoms with Crippen LogP contribution in [-0.2, 0) is 16.1 Å². The van der Waals surface area contributed by atoms with Crippen molar-refractivity contribution in [3.05, 3.63) is 66.2 Å². The van der Waals surface area contributed by atoms with Gasteiger partial charge in [0.15, 0.2) is 0 Å². The van der Waals surface area contributed by atoms with Crippen molar-refractivity contribution in [3.8, 4) is 0 Å². The van der Waals surface area contributed by atoms with Crippen LogP contribution in [0, 0.1) is 0 Å². The molecule has 0 spiro atoms. The van der Waals surface area contributed by atoms with E-state index in [1.807, 2.05) is 60.7 Å². The molecule has 0 saturated heterocycles. The van der Waals surface area contributed by atoms with E-state index in [4.69, 9.17) is 1.37 Å². The van der Waals surface area contributed by atoms with Crippen molar-refractivity contribution < 1.29 is 5.58 Å². The van der Waals surface area contributed by atoms with Crippen molar-refractivity contribution >= 4 is 9.73 Å².